The molecule has 0 saturated carbocycles. The summed E-state index contributed by atoms with van der Waals surface area (Å²) in [5.74, 6) is 0.555. The van der Waals surface area contributed by atoms with Crippen LogP contribution in [0.3, 0.4) is 0 Å². The van der Waals surface area contributed by atoms with Crippen molar-refractivity contribution in [3.05, 3.63) is 69.5 Å². The number of aliphatic hydroxyl groups excluding tert-OH is 1. The molecule has 4 nitrogen and oxygen atoms in total. The molecule has 1 heterocycles. The number of halogens is 2. The topological polar surface area (TPSA) is 59.2 Å². The van der Waals surface area contributed by atoms with Crippen molar-refractivity contribution in [1.82, 2.24) is 10.1 Å². The Hall–Kier alpha value is -1.69. The summed E-state index contributed by atoms with van der Waals surface area (Å²) in [5, 5.41) is 14.7. The predicted octanol–water partition coefficient (Wildman–Crippen LogP) is 4.23. The molecule has 0 aliphatic rings. The number of aliphatic hydroxyl groups is 1. The first kappa shape index (κ1) is 14.3. The number of benzene rings is 2. The Morgan fingerprint density at radius 3 is 2.62 bits per heavy atom. The van der Waals surface area contributed by atoms with Crippen LogP contribution in [0.4, 0.5) is 0 Å². The molecule has 1 aromatic heterocycles. The molecule has 0 bridgehead atoms. The number of nitrogens with zero attached hydrogens (tertiary/aromatic N) is 2. The molecule has 1 unspecified atom stereocenters. The number of hydrogen-bond donors (Lipinski definition) is 1. The average Bonchev–Trinajstić information content (AvgIpc) is 3.00. The third kappa shape index (κ3) is 3.00. The van der Waals surface area contributed by atoms with Crippen LogP contribution >= 0.6 is 27.5 Å². The van der Waals surface area contributed by atoms with E-state index in [0.29, 0.717) is 16.4 Å². The van der Waals surface area contributed by atoms with E-state index in [-0.39, 0.29) is 5.89 Å². The van der Waals surface area contributed by atoms with Gasteiger partial charge >= 0.3 is 0 Å². The summed E-state index contributed by atoms with van der Waals surface area (Å²) in [6.45, 7) is 0. The van der Waals surface area contributed by atoms with Crippen LogP contribution in [0, 0.1) is 0 Å². The zero-order valence-corrected chi connectivity index (χ0v) is 13.0. The molecule has 3 aromatic rings. The van der Waals surface area contributed by atoms with Gasteiger partial charge in [0.15, 0.2) is 6.10 Å². The highest BCUT2D eigenvalue weighted by Gasteiger charge is 2.18. The summed E-state index contributed by atoms with van der Waals surface area (Å²) in [7, 11) is 0. The van der Waals surface area contributed by atoms with Crippen molar-refractivity contribution in [3.8, 4) is 11.4 Å². The third-order valence-electron chi connectivity index (χ3n) is 2.97. The highest BCUT2D eigenvalue weighted by molar-refractivity contribution is 9.10. The van der Waals surface area contributed by atoms with Gasteiger partial charge in [0.05, 0.1) is 5.02 Å². The molecular weight excluding hydrogens is 356 g/mol. The highest BCUT2D eigenvalue weighted by atomic mass is 79.9. The maximum atomic E-state index is 10.2. The predicted molar refractivity (Wildman–Crippen MR) is 82.9 cm³/mol. The van der Waals surface area contributed by atoms with Crippen molar-refractivity contribution >= 4 is 27.5 Å². The van der Waals surface area contributed by atoms with Crippen molar-refractivity contribution in [1.29, 1.82) is 0 Å². The van der Waals surface area contributed by atoms with Crippen LogP contribution in [0.15, 0.2) is 57.5 Å². The van der Waals surface area contributed by atoms with Gasteiger partial charge in [-0.1, -0.05) is 47.1 Å². The van der Waals surface area contributed by atoms with Crippen molar-refractivity contribution < 1.29 is 9.63 Å². The Morgan fingerprint density at radius 2 is 1.90 bits per heavy atom. The van der Waals surface area contributed by atoms with E-state index in [2.05, 4.69) is 26.1 Å². The summed E-state index contributed by atoms with van der Waals surface area (Å²) in [4.78, 5) is 4.24. The second-order valence-electron chi connectivity index (χ2n) is 4.40. The molecule has 6 heteroatoms. The first-order chi connectivity index (χ1) is 10.1. The summed E-state index contributed by atoms with van der Waals surface area (Å²) < 4.78 is 5.89. The SMILES string of the molecule is OC(c1ccccc1)c1nc(-c2ccc(Cl)c(Br)c2)no1. The van der Waals surface area contributed by atoms with Gasteiger partial charge in [0.1, 0.15) is 0 Å². The fraction of sp³-hybridized carbons (Fsp3) is 0.0667. The van der Waals surface area contributed by atoms with Gasteiger partial charge < -0.3 is 9.63 Å². The molecule has 21 heavy (non-hydrogen) atoms. The normalized spacial score (nSPS) is 12.3. The van der Waals surface area contributed by atoms with E-state index in [1.165, 1.54) is 0 Å². The van der Waals surface area contributed by atoms with Crippen molar-refractivity contribution in [2.75, 3.05) is 0 Å². The van der Waals surface area contributed by atoms with E-state index >= 15 is 0 Å². The number of aromatic nitrogens is 2. The lowest BCUT2D eigenvalue weighted by Gasteiger charge is -2.04. The first-order valence-electron chi connectivity index (χ1n) is 6.17. The van der Waals surface area contributed by atoms with Gasteiger partial charge in [0, 0.05) is 10.0 Å². The first-order valence-corrected chi connectivity index (χ1v) is 7.34. The lowest BCUT2D eigenvalue weighted by atomic mass is 10.1. The molecule has 0 aliphatic carbocycles. The number of rotatable bonds is 3. The maximum absolute atomic E-state index is 10.2. The molecule has 0 spiro atoms. The Labute approximate surface area is 134 Å². The van der Waals surface area contributed by atoms with Crippen LogP contribution in [0.5, 0.6) is 0 Å². The Balaban J connectivity index is 1.91. The van der Waals surface area contributed by atoms with Crippen LogP contribution in [0.25, 0.3) is 11.4 Å². The molecule has 2 aromatic carbocycles. The lowest BCUT2D eigenvalue weighted by molar-refractivity contribution is 0.170. The van der Waals surface area contributed by atoms with E-state index in [4.69, 9.17) is 16.1 Å². The Morgan fingerprint density at radius 1 is 1.14 bits per heavy atom. The quantitative estimate of drug-likeness (QED) is 0.754. The summed E-state index contributed by atoms with van der Waals surface area (Å²) in [6, 6.07) is 14.5. The van der Waals surface area contributed by atoms with Crippen molar-refractivity contribution in [2.24, 2.45) is 0 Å². The number of hydrogen-bond acceptors (Lipinski definition) is 4. The van der Waals surface area contributed by atoms with Crippen LogP contribution in [0.2, 0.25) is 5.02 Å². The van der Waals surface area contributed by atoms with E-state index in [0.717, 1.165) is 10.0 Å². The molecular formula is C15H10BrClN2O2. The van der Waals surface area contributed by atoms with Crippen LogP contribution in [0.1, 0.15) is 17.6 Å². The van der Waals surface area contributed by atoms with Gasteiger partial charge in [-0.3, -0.25) is 0 Å². The van der Waals surface area contributed by atoms with Gasteiger partial charge in [0.2, 0.25) is 5.82 Å². The van der Waals surface area contributed by atoms with Gasteiger partial charge in [-0.05, 0) is 39.7 Å². The third-order valence-corrected chi connectivity index (χ3v) is 4.18. The minimum absolute atomic E-state index is 0.155. The fourth-order valence-electron chi connectivity index (χ4n) is 1.88. The summed E-state index contributed by atoms with van der Waals surface area (Å²) in [5.41, 5.74) is 1.45. The molecule has 0 fully saturated rings. The Bertz CT molecular complexity index is 761. The van der Waals surface area contributed by atoms with Crippen LogP contribution in [-0.2, 0) is 0 Å². The zero-order chi connectivity index (χ0) is 14.8. The van der Waals surface area contributed by atoms with Gasteiger partial charge in [-0.15, -0.1) is 0 Å². The standard InChI is InChI=1S/C15H10BrClN2O2/c16-11-8-10(6-7-12(11)17)14-18-15(21-19-14)13(20)9-4-2-1-3-5-9/h1-8,13,20H. The maximum Gasteiger partial charge on any atom is 0.260 e. The van der Waals surface area contributed by atoms with E-state index in [1.807, 2.05) is 18.2 Å². The minimum Gasteiger partial charge on any atom is -0.378 e. The lowest BCUT2D eigenvalue weighted by Crippen LogP contribution is -1.99. The smallest absolute Gasteiger partial charge is 0.260 e. The Kier molecular flexibility index (Phi) is 4.05. The van der Waals surface area contributed by atoms with Gasteiger partial charge in [-0.2, -0.15) is 4.98 Å². The van der Waals surface area contributed by atoms with Crippen molar-refractivity contribution in [2.45, 2.75) is 6.10 Å². The van der Waals surface area contributed by atoms with E-state index < -0.39 is 6.10 Å². The van der Waals surface area contributed by atoms with Gasteiger partial charge in [0.25, 0.3) is 5.89 Å². The van der Waals surface area contributed by atoms with E-state index in [9.17, 15) is 5.11 Å². The second kappa shape index (κ2) is 5.97. The summed E-state index contributed by atoms with van der Waals surface area (Å²) in [6.07, 6.45) is -0.941. The molecule has 0 radical (unpaired) electrons. The largest absolute Gasteiger partial charge is 0.378 e. The summed E-state index contributed by atoms with van der Waals surface area (Å²) >= 11 is 9.30. The molecule has 0 aliphatic heterocycles. The highest BCUT2D eigenvalue weighted by Crippen LogP contribution is 2.28. The van der Waals surface area contributed by atoms with E-state index in [1.54, 1.807) is 30.3 Å². The second-order valence-corrected chi connectivity index (χ2v) is 5.66. The zero-order valence-electron chi connectivity index (χ0n) is 10.7. The molecule has 1 N–H and O–H groups in total. The van der Waals surface area contributed by atoms with Crippen LogP contribution < -0.4 is 0 Å². The molecule has 1 atom stereocenters. The van der Waals surface area contributed by atoms with Crippen LogP contribution in [-0.4, -0.2) is 15.2 Å². The van der Waals surface area contributed by atoms with Gasteiger partial charge in [-0.25, -0.2) is 0 Å². The molecule has 0 saturated heterocycles. The molecule has 3 rings (SSSR count). The minimum atomic E-state index is -0.941. The fourth-order valence-corrected chi connectivity index (χ4v) is 2.37. The molecule has 0 amide bonds. The monoisotopic (exact) mass is 364 g/mol. The average molecular weight is 366 g/mol. The van der Waals surface area contributed by atoms with Crippen molar-refractivity contribution in [3.63, 3.8) is 0 Å². The molecule has 106 valence electrons.